The zero-order chi connectivity index (χ0) is 14.1. The van der Waals surface area contributed by atoms with Gasteiger partial charge >= 0.3 is 0 Å². The summed E-state index contributed by atoms with van der Waals surface area (Å²) in [5, 5.41) is 0. The lowest BCUT2D eigenvalue weighted by atomic mass is 9.87. The van der Waals surface area contributed by atoms with Crippen molar-refractivity contribution in [3.05, 3.63) is 35.4 Å². The third kappa shape index (κ3) is 3.90. The topological polar surface area (TPSA) is 46.5 Å². The monoisotopic (exact) mass is 279 g/mol. The molecule has 1 aliphatic rings. The highest BCUT2D eigenvalue weighted by molar-refractivity contribution is 7.91. The molecule has 0 bridgehead atoms. The molecule has 0 aliphatic carbocycles. The number of hydrogen-bond acceptors (Lipinski definition) is 3. The minimum Gasteiger partial charge on any atom is -0.288 e. The second-order valence-corrected chi connectivity index (χ2v) is 8.44. The van der Waals surface area contributed by atoms with Crippen molar-refractivity contribution >= 4 is 16.1 Å². The number of nitrogens with zero attached hydrogens (tertiary/aromatic N) is 1. The lowest BCUT2D eigenvalue weighted by Crippen LogP contribution is -2.10. The summed E-state index contributed by atoms with van der Waals surface area (Å²) in [4.78, 5) is 4.38. The highest BCUT2D eigenvalue weighted by Crippen LogP contribution is 2.22. The molecule has 1 aliphatic heterocycles. The fraction of sp³-hybridized carbons (Fsp3) is 0.533. The van der Waals surface area contributed by atoms with Gasteiger partial charge in [-0.25, -0.2) is 8.42 Å². The van der Waals surface area contributed by atoms with Crippen LogP contribution in [0, 0.1) is 0 Å². The zero-order valence-corrected chi connectivity index (χ0v) is 12.6. The fourth-order valence-electron chi connectivity index (χ4n) is 2.15. The number of rotatable bonds is 2. The Labute approximate surface area is 115 Å². The summed E-state index contributed by atoms with van der Waals surface area (Å²) in [6.45, 7) is 6.54. The van der Waals surface area contributed by atoms with E-state index in [4.69, 9.17) is 0 Å². The maximum atomic E-state index is 11.3. The Hall–Kier alpha value is -1.16. The Morgan fingerprint density at radius 1 is 1.21 bits per heavy atom. The molecule has 1 heterocycles. The molecule has 104 valence electrons. The predicted octanol–water partition coefficient (Wildman–Crippen LogP) is 2.59. The van der Waals surface area contributed by atoms with Crippen LogP contribution in [0.15, 0.2) is 29.3 Å². The van der Waals surface area contributed by atoms with Gasteiger partial charge in [0.1, 0.15) is 0 Å². The highest BCUT2D eigenvalue weighted by Gasteiger charge is 2.26. The van der Waals surface area contributed by atoms with E-state index in [0.29, 0.717) is 6.42 Å². The molecule has 3 nitrogen and oxygen atoms in total. The van der Waals surface area contributed by atoms with Gasteiger partial charge in [-0.2, -0.15) is 0 Å². The first-order chi connectivity index (χ1) is 8.76. The van der Waals surface area contributed by atoms with Crippen LogP contribution in [-0.2, 0) is 15.3 Å². The van der Waals surface area contributed by atoms with Gasteiger partial charge in [0.05, 0.1) is 17.5 Å². The Morgan fingerprint density at radius 3 is 2.32 bits per heavy atom. The van der Waals surface area contributed by atoms with Gasteiger partial charge in [0.15, 0.2) is 9.84 Å². The molecule has 19 heavy (non-hydrogen) atoms. The summed E-state index contributed by atoms with van der Waals surface area (Å²) >= 11 is 0. The van der Waals surface area contributed by atoms with Crippen molar-refractivity contribution in [2.45, 2.75) is 38.6 Å². The van der Waals surface area contributed by atoms with Gasteiger partial charge in [0.2, 0.25) is 0 Å². The molecule has 0 amide bonds. The minimum atomic E-state index is -2.84. The summed E-state index contributed by atoms with van der Waals surface area (Å²) in [7, 11) is -2.84. The predicted molar refractivity (Wildman–Crippen MR) is 79.8 cm³/mol. The van der Waals surface area contributed by atoms with Crippen LogP contribution in [0.1, 0.15) is 38.3 Å². The van der Waals surface area contributed by atoms with Crippen LogP contribution in [0.5, 0.6) is 0 Å². The largest absolute Gasteiger partial charge is 0.288 e. The Bertz CT molecular complexity index is 565. The Kier molecular flexibility index (Phi) is 3.81. The SMILES string of the molecule is CC(C)(C)c1ccc(C=NC2CCS(=O)(=O)C2)cc1. The molecule has 0 saturated carbocycles. The van der Waals surface area contributed by atoms with E-state index in [0.717, 1.165) is 5.56 Å². The van der Waals surface area contributed by atoms with Crippen LogP contribution >= 0.6 is 0 Å². The normalized spacial score (nSPS) is 23.0. The van der Waals surface area contributed by atoms with Crippen molar-refractivity contribution in [2.24, 2.45) is 4.99 Å². The van der Waals surface area contributed by atoms with E-state index in [1.807, 2.05) is 12.1 Å². The number of hydrogen-bond donors (Lipinski definition) is 0. The van der Waals surface area contributed by atoms with Gasteiger partial charge < -0.3 is 0 Å². The fourth-order valence-corrected chi connectivity index (χ4v) is 3.79. The third-order valence-corrected chi connectivity index (χ3v) is 5.17. The molecule has 1 unspecified atom stereocenters. The van der Waals surface area contributed by atoms with Crippen LogP contribution < -0.4 is 0 Å². The Morgan fingerprint density at radius 2 is 1.84 bits per heavy atom. The molecule has 0 aromatic heterocycles. The smallest absolute Gasteiger partial charge is 0.152 e. The van der Waals surface area contributed by atoms with E-state index < -0.39 is 9.84 Å². The molecule has 1 aromatic carbocycles. The molecule has 2 rings (SSSR count). The van der Waals surface area contributed by atoms with E-state index in [1.165, 1.54) is 5.56 Å². The standard InChI is InChI=1S/C15H21NO2S/c1-15(2,3)13-6-4-12(5-7-13)10-16-14-8-9-19(17,18)11-14/h4-7,10,14H,8-9,11H2,1-3H3. The van der Waals surface area contributed by atoms with Gasteiger partial charge in [-0.15, -0.1) is 0 Å². The average Bonchev–Trinajstić information content (AvgIpc) is 2.66. The van der Waals surface area contributed by atoms with E-state index in [2.05, 4.69) is 37.9 Å². The Balaban J connectivity index is 2.04. The van der Waals surface area contributed by atoms with Gasteiger partial charge in [0.25, 0.3) is 0 Å². The van der Waals surface area contributed by atoms with E-state index >= 15 is 0 Å². The summed E-state index contributed by atoms with van der Waals surface area (Å²) in [6.07, 6.45) is 2.44. The first-order valence-electron chi connectivity index (χ1n) is 6.60. The molecular weight excluding hydrogens is 258 g/mol. The summed E-state index contributed by atoms with van der Waals surface area (Å²) in [5.41, 5.74) is 2.46. The second-order valence-electron chi connectivity index (χ2n) is 6.21. The van der Waals surface area contributed by atoms with Gasteiger partial charge in [-0.1, -0.05) is 45.0 Å². The first kappa shape index (κ1) is 14.3. The summed E-state index contributed by atoms with van der Waals surface area (Å²) in [5.74, 6) is 0.474. The molecule has 1 atom stereocenters. The summed E-state index contributed by atoms with van der Waals surface area (Å²) < 4.78 is 22.7. The van der Waals surface area contributed by atoms with Crippen molar-refractivity contribution in [3.8, 4) is 0 Å². The van der Waals surface area contributed by atoms with Gasteiger partial charge in [-0.3, -0.25) is 4.99 Å². The summed E-state index contributed by atoms with van der Waals surface area (Å²) in [6, 6.07) is 8.22. The molecule has 1 aromatic rings. The first-order valence-corrected chi connectivity index (χ1v) is 8.42. The lowest BCUT2D eigenvalue weighted by Gasteiger charge is -2.18. The molecule has 4 heteroatoms. The molecule has 0 spiro atoms. The van der Waals surface area contributed by atoms with Crippen molar-refractivity contribution in [2.75, 3.05) is 11.5 Å². The number of sulfone groups is 1. The molecule has 1 fully saturated rings. The van der Waals surface area contributed by atoms with Crippen LogP contribution in [0.2, 0.25) is 0 Å². The van der Waals surface area contributed by atoms with Crippen LogP contribution in [0.3, 0.4) is 0 Å². The highest BCUT2D eigenvalue weighted by atomic mass is 32.2. The van der Waals surface area contributed by atoms with Gasteiger partial charge in [0, 0.05) is 6.21 Å². The maximum absolute atomic E-state index is 11.3. The number of benzene rings is 1. The van der Waals surface area contributed by atoms with E-state index in [9.17, 15) is 8.42 Å². The minimum absolute atomic E-state index is 0.0627. The quantitative estimate of drug-likeness (QED) is 0.781. The van der Waals surface area contributed by atoms with Crippen molar-refractivity contribution in [1.29, 1.82) is 0 Å². The van der Waals surface area contributed by atoms with Crippen molar-refractivity contribution in [3.63, 3.8) is 0 Å². The molecule has 0 radical (unpaired) electrons. The van der Waals surface area contributed by atoms with Crippen molar-refractivity contribution in [1.82, 2.24) is 0 Å². The second kappa shape index (κ2) is 5.08. The van der Waals surface area contributed by atoms with Crippen LogP contribution in [0.25, 0.3) is 0 Å². The van der Waals surface area contributed by atoms with Crippen LogP contribution in [0.4, 0.5) is 0 Å². The van der Waals surface area contributed by atoms with E-state index in [1.54, 1.807) is 6.21 Å². The average molecular weight is 279 g/mol. The molecule has 0 N–H and O–H groups in total. The van der Waals surface area contributed by atoms with E-state index in [-0.39, 0.29) is 23.0 Å². The molecular formula is C15H21NO2S. The van der Waals surface area contributed by atoms with Gasteiger partial charge in [-0.05, 0) is 23.0 Å². The lowest BCUT2D eigenvalue weighted by molar-refractivity contribution is 0.590. The number of aliphatic imine (C=N–C) groups is 1. The zero-order valence-electron chi connectivity index (χ0n) is 11.8. The molecule has 1 saturated heterocycles. The maximum Gasteiger partial charge on any atom is 0.152 e. The third-order valence-electron chi connectivity index (χ3n) is 3.42. The van der Waals surface area contributed by atoms with Crippen molar-refractivity contribution < 1.29 is 8.42 Å². The van der Waals surface area contributed by atoms with Crippen LogP contribution in [-0.4, -0.2) is 32.2 Å².